The zero-order valence-electron chi connectivity index (χ0n) is 42.2. The van der Waals surface area contributed by atoms with Gasteiger partial charge in [0.05, 0.1) is 34.4 Å². The molecule has 0 amide bonds. The molecular weight excluding hydrogens is 839 g/mol. The van der Waals surface area contributed by atoms with Gasteiger partial charge in [-0.05, 0) is 116 Å². The maximum Gasteiger partial charge on any atom is 0.361 e. The molecule has 0 aromatic rings. The predicted molar refractivity (Wildman–Crippen MR) is 280 cm³/mol. The number of unbranched alkanes of at least 4 members (excludes halogenated alkanes) is 4. The molecule has 2 atom stereocenters. The number of allylic oxidation sites excluding steroid dienone is 24. The van der Waals surface area contributed by atoms with Crippen molar-refractivity contribution in [2.75, 3.05) is 47.5 Å². The Morgan fingerprint density at radius 2 is 0.791 bits per heavy atom. The van der Waals surface area contributed by atoms with Gasteiger partial charge in [0.25, 0.3) is 6.29 Å². The number of hydrogen-bond donors (Lipinski definition) is 1. The molecule has 9 nitrogen and oxygen atoms in total. The normalized spacial score (nSPS) is 14.1. The minimum Gasteiger partial charge on any atom is -0.477 e. The van der Waals surface area contributed by atoms with Crippen LogP contribution in [-0.4, -0.2) is 87.4 Å². The highest BCUT2D eigenvalue weighted by atomic mass is 16.7. The lowest BCUT2D eigenvalue weighted by Gasteiger charge is -2.25. The Hall–Kier alpha value is -4.83. The Labute approximate surface area is 407 Å². The first-order chi connectivity index (χ1) is 32.6. The van der Waals surface area contributed by atoms with E-state index in [1.165, 1.54) is 0 Å². The molecule has 1 N–H and O–H groups in total. The van der Waals surface area contributed by atoms with Crippen molar-refractivity contribution in [3.8, 4) is 0 Å². The third-order valence-corrected chi connectivity index (χ3v) is 9.59. The minimum atomic E-state index is -1.54. The first kappa shape index (κ1) is 62.2. The fraction of sp³-hybridized carbons (Fsp3) is 0.534. The molecule has 9 heteroatoms. The van der Waals surface area contributed by atoms with E-state index in [9.17, 15) is 19.5 Å². The summed E-state index contributed by atoms with van der Waals surface area (Å²) in [7, 11) is 5.91. The summed E-state index contributed by atoms with van der Waals surface area (Å²) < 4.78 is 22.7. The van der Waals surface area contributed by atoms with Crippen LogP contribution >= 0.6 is 0 Å². The molecule has 0 fully saturated rings. The van der Waals surface area contributed by atoms with E-state index >= 15 is 0 Å². The number of esters is 2. The van der Waals surface area contributed by atoms with E-state index in [-0.39, 0.29) is 32.7 Å². The molecule has 0 heterocycles. The Morgan fingerprint density at radius 1 is 0.448 bits per heavy atom. The first-order valence-corrected chi connectivity index (χ1v) is 25.0. The maximum atomic E-state index is 12.8. The molecule has 67 heavy (non-hydrogen) atoms. The molecule has 0 saturated carbocycles. The number of likely N-dealkylation sites (N-methyl/N-ethyl adjacent to an activating group) is 1. The summed E-state index contributed by atoms with van der Waals surface area (Å²) in [4.78, 5) is 37.2. The van der Waals surface area contributed by atoms with Gasteiger partial charge in [0.1, 0.15) is 13.2 Å². The number of carboxylic acids is 1. The standard InChI is InChI=1S/C58H89NO8/c1-6-8-10-12-14-16-18-20-22-23-24-25-26-27-28-29-30-31-32-33-35-37-39-41-43-45-47-49-56(61)67-54(53-66-58(57(62)63)64-51-50-59(3,4)5)52-65-55(60)48-46-44-42-40-38-36-34-21-19-17-15-13-11-9-7-2/h8-11,14-17,20-22,24-25,27-28,30-31,33-35,38-41,54,58H,6-7,12-13,18-19,23,26,29,32,36-37,42-53H2,1-5H3/p+1/b10-8-,11-9-,16-14-,17-15-,22-20-,25-24-,28-27-,31-30-,34-21-,35-33-,40-38-,41-39-. The monoisotopic (exact) mass is 929 g/mol. The summed E-state index contributed by atoms with van der Waals surface area (Å²) in [5, 5.41) is 9.66. The van der Waals surface area contributed by atoms with Crippen LogP contribution in [-0.2, 0) is 33.3 Å². The molecule has 0 bridgehead atoms. The van der Waals surface area contributed by atoms with Gasteiger partial charge < -0.3 is 28.5 Å². The number of nitrogens with zero attached hydrogens (tertiary/aromatic N) is 1. The Bertz CT molecular complexity index is 1600. The van der Waals surface area contributed by atoms with Crippen molar-refractivity contribution in [2.45, 2.75) is 155 Å². The smallest absolute Gasteiger partial charge is 0.361 e. The number of ether oxygens (including phenoxy) is 4. The highest BCUT2D eigenvalue weighted by Crippen LogP contribution is 2.10. The second-order valence-electron chi connectivity index (χ2n) is 17.0. The largest absolute Gasteiger partial charge is 0.477 e. The zero-order valence-corrected chi connectivity index (χ0v) is 42.2. The Morgan fingerprint density at radius 3 is 1.13 bits per heavy atom. The molecule has 0 saturated heterocycles. The number of hydrogen-bond acceptors (Lipinski definition) is 7. The SMILES string of the molecule is CC/C=C\C/C=C\C/C=C\C/C=C\C/C=C\C/C=C\C/C=C\C/C=C\CCCCC(=O)OC(COC(=O)CCCC/C=C\C/C=C\C/C=C\C/C=C\CC)COC(OCC[N+](C)(C)C)C(=O)O. The molecule has 0 aliphatic carbocycles. The molecule has 0 radical (unpaired) electrons. The lowest BCUT2D eigenvalue weighted by atomic mass is 10.1. The van der Waals surface area contributed by atoms with Crippen LogP contribution in [0.15, 0.2) is 146 Å². The Kier molecular flexibility index (Phi) is 44.2. The molecule has 0 rings (SSSR count). The van der Waals surface area contributed by atoms with Crippen molar-refractivity contribution in [2.24, 2.45) is 0 Å². The van der Waals surface area contributed by atoms with Crippen molar-refractivity contribution < 1.29 is 42.9 Å². The van der Waals surface area contributed by atoms with Crippen LogP contribution < -0.4 is 0 Å². The van der Waals surface area contributed by atoms with Crippen molar-refractivity contribution in [3.63, 3.8) is 0 Å². The predicted octanol–water partition coefficient (Wildman–Crippen LogP) is 14.1. The van der Waals surface area contributed by atoms with Crippen molar-refractivity contribution in [1.29, 1.82) is 0 Å². The van der Waals surface area contributed by atoms with Gasteiger partial charge in [-0.3, -0.25) is 9.59 Å². The van der Waals surface area contributed by atoms with Gasteiger partial charge >= 0.3 is 17.9 Å². The summed E-state index contributed by atoms with van der Waals surface area (Å²) in [6.07, 6.45) is 66.4. The summed E-state index contributed by atoms with van der Waals surface area (Å²) >= 11 is 0. The molecule has 0 aliphatic rings. The fourth-order valence-corrected chi connectivity index (χ4v) is 5.78. The van der Waals surface area contributed by atoms with E-state index in [1.54, 1.807) is 0 Å². The van der Waals surface area contributed by atoms with Gasteiger partial charge in [-0.15, -0.1) is 0 Å². The van der Waals surface area contributed by atoms with Crippen LogP contribution in [0.2, 0.25) is 0 Å². The highest BCUT2D eigenvalue weighted by molar-refractivity contribution is 5.71. The van der Waals surface area contributed by atoms with Gasteiger partial charge in [-0.2, -0.15) is 0 Å². The van der Waals surface area contributed by atoms with Crippen LogP contribution in [0.5, 0.6) is 0 Å². The van der Waals surface area contributed by atoms with E-state index < -0.39 is 30.3 Å². The van der Waals surface area contributed by atoms with Crippen LogP contribution in [0.1, 0.15) is 142 Å². The number of carboxylic acid groups (broad SMARTS) is 1. The molecule has 0 spiro atoms. The average Bonchev–Trinajstić information content (AvgIpc) is 3.29. The third-order valence-electron chi connectivity index (χ3n) is 9.59. The van der Waals surface area contributed by atoms with E-state index in [1.807, 2.05) is 21.1 Å². The van der Waals surface area contributed by atoms with Crippen molar-refractivity contribution >= 4 is 17.9 Å². The quantitative estimate of drug-likeness (QED) is 0.0212. The molecule has 0 aromatic carbocycles. The number of rotatable bonds is 43. The van der Waals surface area contributed by atoms with Crippen LogP contribution in [0.3, 0.4) is 0 Å². The minimum absolute atomic E-state index is 0.163. The maximum absolute atomic E-state index is 12.8. The van der Waals surface area contributed by atoms with Gasteiger partial charge in [0, 0.05) is 12.8 Å². The Balaban J connectivity index is 4.53. The molecule has 0 aliphatic heterocycles. The second kappa shape index (κ2) is 47.7. The lowest BCUT2D eigenvalue weighted by Crippen LogP contribution is -2.40. The van der Waals surface area contributed by atoms with Gasteiger partial charge in [0.15, 0.2) is 6.10 Å². The van der Waals surface area contributed by atoms with Gasteiger partial charge in [-0.25, -0.2) is 4.79 Å². The number of carbonyl (C=O) groups excluding carboxylic acids is 2. The van der Waals surface area contributed by atoms with E-state index in [0.29, 0.717) is 23.9 Å². The van der Waals surface area contributed by atoms with Crippen LogP contribution in [0, 0.1) is 0 Å². The average molecular weight is 929 g/mol. The molecular formula is C58H90NO8+. The zero-order chi connectivity index (χ0) is 49.2. The summed E-state index contributed by atoms with van der Waals surface area (Å²) in [5.41, 5.74) is 0. The van der Waals surface area contributed by atoms with Crippen molar-refractivity contribution in [3.05, 3.63) is 146 Å². The summed E-state index contributed by atoms with van der Waals surface area (Å²) in [5.74, 6) is -2.15. The fourth-order valence-electron chi connectivity index (χ4n) is 5.78. The van der Waals surface area contributed by atoms with Crippen molar-refractivity contribution in [1.82, 2.24) is 0 Å². The highest BCUT2D eigenvalue weighted by Gasteiger charge is 2.25. The summed E-state index contributed by atoms with van der Waals surface area (Å²) in [6, 6.07) is 0. The number of quaternary nitrogens is 1. The number of aliphatic carboxylic acids is 1. The third kappa shape index (κ3) is 48.9. The van der Waals surface area contributed by atoms with Crippen LogP contribution in [0.4, 0.5) is 0 Å². The van der Waals surface area contributed by atoms with E-state index in [4.69, 9.17) is 18.9 Å². The molecule has 2 unspecified atom stereocenters. The molecule has 374 valence electrons. The lowest BCUT2D eigenvalue weighted by molar-refractivity contribution is -0.870. The van der Waals surface area contributed by atoms with E-state index in [2.05, 4.69) is 160 Å². The topological polar surface area (TPSA) is 108 Å². The van der Waals surface area contributed by atoms with Gasteiger partial charge in [-0.1, -0.05) is 160 Å². The first-order valence-electron chi connectivity index (χ1n) is 25.0. The second-order valence-corrected chi connectivity index (χ2v) is 17.0. The van der Waals surface area contributed by atoms with Crippen LogP contribution in [0.25, 0.3) is 0 Å². The number of carbonyl (C=O) groups is 3. The van der Waals surface area contributed by atoms with E-state index in [0.717, 1.165) is 103 Å². The molecule has 0 aromatic heterocycles. The summed E-state index contributed by atoms with van der Waals surface area (Å²) in [6.45, 7) is 4.50. The van der Waals surface area contributed by atoms with Gasteiger partial charge in [0.2, 0.25) is 0 Å².